The number of ether oxygens (including phenoxy) is 2. The van der Waals surface area contributed by atoms with Crippen molar-refractivity contribution in [3.63, 3.8) is 0 Å². The van der Waals surface area contributed by atoms with Crippen molar-refractivity contribution >= 4 is 11.5 Å². The van der Waals surface area contributed by atoms with E-state index in [9.17, 15) is 9.59 Å². The second-order valence-corrected chi connectivity index (χ2v) is 4.91. The standard InChI is InChI=1S/C14H10N4O5/c19-13(20)5-17-14(21)10-4-9(16-18(10)6-15-17)8-1-2-11-12(3-8)23-7-22-11/h1-4,6H,5,7H2,(H,19,20). The first-order chi connectivity index (χ1) is 11.1. The molecule has 1 aliphatic heterocycles. The number of fused-ring (bicyclic) bond motifs is 2. The molecule has 9 nitrogen and oxygen atoms in total. The second kappa shape index (κ2) is 4.83. The zero-order valence-electron chi connectivity index (χ0n) is 11.7. The maximum atomic E-state index is 12.2. The monoisotopic (exact) mass is 314 g/mol. The highest BCUT2D eigenvalue weighted by Crippen LogP contribution is 2.35. The summed E-state index contributed by atoms with van der Waals surface area (Å²) >= 11 is 0. The van der Waals surface area contributed by atoms with Crippen LogP contribution in [0.25, 0.3) is 16.8 Å². The first kappa shape index (κ1) is 13.3. The lowest BCUT2D eigenvalue weighted by atomic mass is 10.1. The van der Waals surface area contributed by atoms with E-state index < -0.39 is 18.1 Å². The smallest absolute Gasteiger partial charge is 0.325 e. The van der Waals surface area contributed by atoms with E-state index in [1.807, 2.05) is 0 Å². The van der Waals surface area contributed by atoms with Crippen LogP contribution in [0.1, 0.15) is 0 Å². The fraction of sp³-hybridized carbons (Fsp3) is 0.143. The predicted octanol–water partition coefficient (Wildman–Crippen LogP) is 0.371. The van der Waals surface area contributed by atoms with Crippen molar-refractivity contribution in [3.8, 4) is 22.8 Å². The third kappa shape index (κ3) is 2.18. The predicted molar refractivity (Wildman–Crippen MR) is 76.4 cm³/mol. The molecule has 4 rings (SSSR count). The van der Waals surface area contributed by atoms with Crippen molar-refractivity contribution in [2.75, 3.05) is 6.79 Å². The van der Waals surface area contributed by atoms with Gasteiger partial charge in [0.25, 0.3) is 5.56 Å². The van der Waals surface area contributed by atoms with Gasteiger partial charge in [-0.2, -0.15) is 10.2 Å². The van der Waals surface area contributed by atoms with E-state index in [4.69, 9.17) is 14.6 Å². The summed E-state index contributed by atoms with van der Waals surface area (Å²) in [5, 5.41) is 16.9. The van der Waals surface area contributed by atoms with Crippen molar-refractivity contribution in [2.45, 2.75) is 6.54 Å². The van der Waals surface area contributed by atoms with E-state index in [0.29, 0.717) is 17.2 Å². The number of rotatable bonds is 3. The molecule has 0 bridgehead atoms. The van der Waals surface area contributed by atoms with Crippen molar-refractivity contribution in [3.05, 3.63) is 40.9 Å². The Kier molecular flexibility index (Phi) is 2.80. The zero-order valence-corrected chi connectivity index (χ0v) is 11.7. The van der Waals surface area contributed by atoms with Crippen LogP contribution in [0.2, 0.25) is 0 Å². The van der Waals surface area contributed by atoms with E-state index in [0.717, 1.165) is 10.2 Å². The molecule has 0 fully saturated rings. The molecular weight excluding hydrogens is 304 g/mol. The fourth-order valence-corrected chi connectivity index (χ4v) is 2.38. The summed E-state index contributed by atoms with van der Waals surface area (Å²) in [6.07, 6.45) is 1.30. The molecule has 0 saturated heterocycles. The Hall–Kier alpha value is -3.36. The van der Waals surface area contributed by atoms with Gasteiger partial charge in [-0.15, -0.1) is 0 Å². The molecule has 116 valence electrons. The summed E-state index contributed by atoms with van der Waals surface area (Å²) < 4.78 is 12.8. The van der Waals surface area contributed by atoms with Gasteiger partial charge in [0.05, 0.1) is 5.69 Å². The zero-order chi connectivity index (χ0) is 16.0. The molecule has 0 unspecified atom stereocenters. The van der Waals surface area contributed by atoms with Crippen LogP contribution < -0.4 is 15.0 Å². The maximum absolute atomic E-state index is 12.2. The lowest BCUT2D eigenvalue weighted by Gasteiger charge is -1.99. The van der Waals surface area contributed by atoms with Crippen LogP contribution >= 0.6 is 0 Å². The normalized spacial score (nSPS) is 12.7. The molecule has 3 heterocycles. The van der Waals surface area contributed by atoms with Crippen molar-refractivity contribution in [1.29, 1.82) is 0 Å². The van der Waals surface area contributed by atoms with Crippen LogP contribution in [0.5, 0.6) is 11.5 Å². The van der Waals surface area contributed by atoms with Gasteiger partial charge in [0.15, 0.2) is 11.5 Å². The lowest BCUT2D eigenvalue weighted by Crippen LogP contribution is -2.27. The summed E-state index contributed by atoms with van der Waals surface area (Å²) in [5.74, 6) is 0.128. The Bertz CT molecular complexity index is 990. The molecule has 0 atom stereocenters. The molecule has 0 radical (unpaired) electrons. The molecule has 9 heteroatoms. The van der Waals surface area contributed by atoms with Crippen molar-refractivity contribution in [2.24, 2.45) is 0 Å². The molecule has 2 aromatic heterocycles. The number of hydrogen-bond donors (Lipinski definition) is 1. The van der Waals surface area contributed by atoms with Gasteiger partial charge >= 0.3 is 5.97 Å². The van der Waals surface area contributed by atoms with Gasteiger partial charge in [-0.1, -0.05) is 0 Å². The van der Waals surface area contributed by atoms with Gasteiger partial charge in [-0.3, -0.25) is 9.59 Å². The average molecular weight is 314 g/mol. The molecule has 0 amide bonds. The topological polar surface area (TPSA) is 108 Å². The van der Waals surface area contributed by atoms with Gasteiger partial charge in [-0.05, 0) is 24.3 Å². The van der Waals surface area contributed by atoms with E-state index in [2.05, 4.69) is 10.2 Å². The first-order valence-corrected chi connectivity index (χ1v) is 6.69. The Balaban J connectivity index is 1.81. The largest absolute Gasteiger partial charge is 0.480 e. The van der Waals surface area contributed by atoms with Crippen LogP contribution in [0.4, 0.5) is 0 Å². The molecule has 0 aliphatic carbocycles. The lowest BCUT2D eigenvalue weighted by molar-refractivity contribution is -0.138. The number of aromatic nitrogens is 4. The molecule has 23 heavy (non-hydrogen) atoms. The first-order valence-electron chi connectivity index (χ1n) is 6.69. The summed E-state index contributed by atoms with van der Waals surface area (Å²) in [4.78, 5) is 23.0. The number of nitrogens with zero attached hydrogens (tertiary/aromatic N) is 4. The van der Waals surface area contributed by atoms with Crippen molar-refractivity contribution < 1.29 is 19.4 Å². The molecule has 0 spiro atoms. The van der Waals surface area contributed by atoms with Gasteiger partial charge in [0.2, 0.25) is 6.79 Å². The van der Waals surface area contributed by atoms with Gasteiger partial charge in [0, 0.05) is 5.56 Å². The summed E-state index contributed by atoms with van der Waals surface area (Å²) in [7, 11) is 0. The quantitative estimate of drug-likeness (QED) is 0.744. The highest BCUT2D eigenvalue weighted by Gasteiger charge is 2.16. The number of aliphatic carboxylic acids is 1. The average Bonchev–Trinajstić information content (AvgIpc) is 3.15. The third-order valence-electron chi connectivity index (χ3n) is 3.44. The Labute approximate surface area is 128 Å². The molecule has 1 aromatic carbocycles. The number of hydrogen-bond acceptors (Lipinski definition) is 6. The number of carboxylic acid groups (broad SMARTS) is 1. The van der Waals surface area contributed by atoms with E-state index in [1.165, 1.54) is 10.8 Å². The van der Waals surface area contributed by atoms with Gasteiger partial charge in [0.1, 0.15) is 18.4 Å². The highest BCUT2D eigenvalue weighted by molar-refractivity contribution is 5.69. The molecular formula is C14H10N4O5. The number of benzene rings is 1. The van der Waals surface area contributed by atoms with Crippen LogP contribution in [-0.2, 0) is 11.3 Å². The van der Waals surface area contributed by atoms with Crippen LogP contribution in [-0.4, -0.2) is 37.3 Å². The van der Waals surface area contributed by atoms with E-state index >= 15 is 0 Å². The molecule has 1 aliphatic rings. The minimum absolute atomic E-state index is 0.174. The SMILES string of the molecule is O=C(O)Cn1ncn2nc(-c3ccc4c(c3)OCO4)cc2c1=O. The maximum Gasteiger partial charge on any atom is 0.325 e. The minimum Gasteiger partial charge on any atom is -0.480 e. The van der Waals surface area contributed by atoms with E-state index in [1.54, 1.807) is 24.3 Å². The number of carboxylic acids is 1. The summed E-state index contributed by atoms with van der Waals surface area (Å²) in [5.41, 5.74) is 1.03. The second-order valence-electron chi connectivity index (χ2n) is 4.91. The fourth-order valence-electron chi connectivity index (χ4n) is 2.38. The number of carbonyl (C=O) groups is 1. The van der Waals surface area contributed by atoms with Crippen LogP contribution in [0.3, 0.4) is 0 Å². The van der Waals surface area contributed by atoms with Crippen LogP contribution in [0, 0.1) is 0 Å². The van der Waals surface area contributed by atoms with Crippen molar-refractivity contribution in [1.82, 2.24) is 19.4 Å². The van der Waals surface area contributed by atoms with Gasteiger partial charge in [-0.25, -0.2) is 9.20 Å². The summed E-state index contributed by atoms with van der Waals surface area (Å²) in [6, 6.07) is 6.92. The van der Waals surface area contributed by atoms with Gasteiger partial charge < -0.3 is 14.6 Å². The Morgan fingerprint density at radius 1 is 1.26 bits per heavy atom. The molecule has 0 saturated carbocycles. The Morgan fingerprint density at radius 3 is 2.91 bits per heavy atom. The van der Waals surface area contributed by atoms with Crippen LogP contribution in [0.15, 0.2) is 35.4 Å². The minimum atomic E-state index is -1.14. The third-order valence-corrected chi connectivity index (χ3v) is 3.44. The highest BCUT2D eigenvalue weighted by atomic mass is 16.7. The molecule has 3 aromatic rings. The Morgan fingerprint density at radius 2 is 2.09 bits per heavy atom. The summed E-state index contributed by atoms with van der Waals surface area (Å²) in [6.45, 7) is -0.326. The van der Waals surface area contributed by atoms with E-state index in [-0.39, 0.29) is 12.3 Å². The molecule has 1 N–H and O–H groups in total.